The maximum absolute atomic E-state index is 13.3. The number of halogens is 1. The standard InChI is InChI=1S/C31H25ClN2O4S/c1-38-26-16-12-22(13-17-26)29(35)20-39-27-9-5-8-25(19-27)33-31(37)28(18-21-10-14-24(32)15-11-21)34-30(36)23-6-3-2-4-7-23/h2-19H,20H2,1H3,(H,33,37)(H,34,36)/b28-18-. The average molecular weight is 557 g/mol. The van der Waals surface area contributed by atoms with Gasteiger partial charge >= 0.3 is 0 Å². The lowest BCUT2D eigenvalue weighted by Gasteiger charge is -2.12. The van der Waals surface area contributed by atoms with Gasteiger partial charge in [-0.05, 0) is 78.4 Å². The molecule has 196 valence electrons. The summed E-state index contributed by atoms with van der Waals surface area (Å²) in [5.41, 5.74) is 2.31. The minimum Gasteiger partial charge on any atom is -0.497 e. The summed E-state index contributed by atoms with van der Waals surface area (Å²) in [5.74, 6) is -0.00234. The zero-order chi connectivity index (χ0) is 27.6. The molecule has 0 fully saturated rings. The van der Waals surface area contributed by atoms with Crippen molar-refractivity contribution in [3.05, 3.63) is 131 Å². The maximum Gasteiger partial charge on any atom is 0.272 e. The van der Waals surface area contributed by atoms with Crippen LogP contribution in [-0.2, 0) is 4.79 Å². The molecule has 0 aliphatic rings. The Morgan fingerprint density at radius 1 is 0.846 bits per heavy atom. The van der Waals surface area contributed by atoms with Crippen molar-refractivity contribution in [3.8, 4) is 5.75 Å². The number of benzene rings is 4. The summed E-state index contributed by atoms with van der Waals surface area (Å²) in [6.45, 7) is 0. The molecule has 0 atom stereocenters. The van der Waals surface area contributed by atoms with Crippen LogP contribution in [0.2, 0.25) is 5.02 Å². The Balaban J connectivity index is 1.47. The third kappa shape index (κ3) is 8.07. The molecule has 4 aromatic carbocycles. The highest BCUT2D eigenvalue weighted by atomic mass is 35.5. The summed E-state index contributed by atoms with van der Waals surface area (Å²) >= 11 is 7.36. The van der Waals surface area contributed by atoms with E-state index in [0.29, 0.717) is 33.1 Å². The van der Waals surface area contributed by atoms with Crippen molar-refractivity contribution in [2.45, 2.75) is 4.90 Å². The zero-order valence-corrected chi connectivity index (χ0v) is 22.6. The topological polar surface area (TPSA) is 84.5 Å². The van der Waals surface area contributed by atoms with E-state index in [1.807, 2.05) is 12.1 Å². The lowest BCUT2D eigenvalue weighted by Crippen LogP contribution is -2.30. The first kappa shape index (κ1) is 27.7. The van der Waals surface area contributed by atoms with Crippen molar-refractivity contribution >= 4 is 52.7 Å². The third-order valence-corrected chi connectivity index (χ3v) is 6.83. The Bertz CT molecular complexity index is 1490. The molecular formula is C31H25ClN2O4S. The van der Waals surface area contributed by atoms with Gasteiger partial charge in [-0.3, -0.25) is 14.4 Å². The van der Waals surface area contributed by atoms with E-state index in [9.17, 15) is 14.4 Å². The molecule has 4 aromatic rings. The van der Waals surface area contributed by atoms with Crippen LogP contribution in [0.1, 0.15) is 26.3 Å². The van der Waals surface area contributed by atoms with Gasteiger partial charge in [0.25, 0.3) is 11.8 Å². The van der Waals surface area contributed by atoms with Crippen LogP contribution in [0.5, 0.6) is 5.75 Å². The molecule has 6 nitrogen and oxygen atoms in total. The quantitative estimate of drug-likeness (QED) is 0.128. The molecule has 0 saturated carbocycles. The number of hydrogen-bond acceptors (Lipinski definition) is 5. The fraction of sp³-hybridized carbons (Fsp3) is 0.0645. The van der Waals surface area contributed by atoms with Gasteiger partial charge in [-0.15, -0.1) is 11.8 Å². The summed E-state index contributed by atoms with van der Waals surface area (Å²) < 4.78 is 5.14. The molecule has 0 aliphatic carbocycles. The monoisotopic (exact) mass is 556 g/mol. The number of methoxy groups -OCH3 is 1. The highest BCUT2D eigenvalue weighted by Crippen LogP contribution is 2.24. The van der Waals surface area contributed by atoms with Gasteiger partial charge in [0.1, 0.15) is 11.4 Å². The Kier molecular flexibility index (Phi) is 9.56. The van der Waals surface area contributed by atoms with Gasteiger partial charge in [0.05, 0.1) is 12.9 Å². The number of Topliss-reactive ketones (excluding diaryl/α,β-unsaturated/α-hetero) is 1. The van der Waals surface area contributed by atoms with Crippen molar-refractivity contribution in [1.29, 1.82) is 0 Å². The van der Waals surface area contributed by atoms with Crippen LogP contribution in [0, 0.1) is 0 Å². The number of carbonyl (C=O) groups excluding carboxylic acids is 3. The van der Waals surface area contributed by atoms with Crippen molar-refractivity contribution in [2.24, 2.45) is 0 Å². The molecule has 0 unspecified atom stereocenters. The predicted molar refractivity (Wildman–Crippen MR) is 156 cm³/mol. The number of thioether (sulfide) groups is 1. The van der Waals surface area contributed by atoms with Crippen LogP contribution >= 0.6 is 23.4 Å². The van der Waals surface area contributed by atoms with Crippen molar-refractivity contribution in [3.63, 3.8) is 0 Å². The number of ether oxygens (including phenoxy) is 1. The van der Waals surface area contributed by atoms with E-state index < -0.39 is 11.8 Å². The summed E-state index contributed by atoms with van der Waals surface area (Å²) in [5, 5.41) is 6.12. The molecular weight excluding hydrogens is 532 g/mol. The summed E-state index contributed by atoms with van der Waals surface area (Å²) in [6.07, 6.45) is 1.58. The molecule has 39 heavy (non-hydrogen) atoms. The first-order valence-electron chi connectivity index (χ1n) is 12.0. The van der Waals surface area contributed by atoms with Gasteiger partial charge in [0, 0.05) is 26.7 Å². The van der Waals surface area contributed by atoms with Crippen LogP contribution in [-0.4, -0.2) is 30.5 Å². The lowest BCUT2D eigenvalue weighted by atomic mass is 10.1. The number of ketones is 1. The van der Waals surface area contributed by atoms with Gasteiger partial charge in [0.2, 0.25) is 0 Å². The molecule has 0 bridgehead atoms. The molecule has 2 N–H and O–H groups in total. The van der Waals surface area contributed by atoms with Gasteiger partial charge in [-0.25, -0.2) is 0 Å². The second kappa shape index (κ2) is 13.5. The first-order valence-corrected chi connectivity index (χ1v) is 13.3. The normalized spacial score (nSPS) is 11.0. The molecule has 0 spiro atoms. The van der Waals surface area contributed by atoms with E-state index in [4.69, 9.17) is 16.3 Å². The van der Waals surface area contributed by atoms with E-state index in [1.165, 1.54) is 11.8 Å². The van der Waals surface area contributed by atoms with Gasteiger partial charge in [-0.2, -0.15) is 0 Å². The van der Waals surface area contributed by atoms with Crippen molar-refractivity contribution < 1.29 is 19.1 Å². The smallest absolute Gasteiger partial charge is 0.272 e. The highest BCUT2D eigenvalue weighted by Gasteiger charge is 2.16. The number of nitrogens with one attached hydrogen (secondary N) is 2. The van der Waals surface area contributed by atoms with Gasteiger partial charge in [0.15, 0.2) is 5.78 Å². The number of carbonyl (C=O) groups is 3. The van der Waals surface area contributed by atoms with E-state index in [2.05, 4.69) is 10.6 Å². The van der Waals surface area contributed by atoms with E-state index in [-0.39, 0.29) is 17.2 Å². The minimum atomic E-state index is -0.495. The fourth-order valence-electron chi connectivity index (χ4n) is 3.54. The molecule has 4 rings (SSSR count). The molecule has 0 saturated heterocycles. The van der Waals surface area contributed by atoms with Crippen LogP contribution in [0.25, 0.3) is 6.08 Å². The van der Waals surface area contributed by atoms with Gasteiger partial charge in [-0.1, -0.05) is 48.0 Å². The van der Waals surface area contributed by atoms with Crippen LogP contribution in [0.4, 0.5) is 5.69 Å². The van der Waals surface area contributed by atoms with E-state index >= 15 is 0 Å². The SMILES string of the molecule is COc1ccc(C(=O)CSc2cccc(NC(=O)/C(=C/c3ccc(Cl)cc3)NC(=O)c3ccccc3)c2)cc1. The molecule has 0 radical (unpaired) electrons. The first-order chi connectivity index (χ1) is 18.9. The highest BCUT2D eigenvalue weighted by molar-refractivity contribution is 8.00. The Hall–Kier alpha value is -4.33. The number of rotatable bonds is 10. The Morgan fingerprint density at radius 3 is 2.26 bits per heavy atom. The number of hydrogen-bond donors (Lipinski definition) is 2. The average Bonchev–Trinajstić information content (AvgIpc) is 2.97. The maximum atomic E-state index is 13.3. The van der Waals surface area contributed by atoms with E-state index in [1.54, 1.807) is 104 Å². The van der Waals surface area contributed by atoms with E-state index in [0.717, 1.165) is 4.90 Å². The molecule has 8 heteroatoms. The van der Waals surface area contributed by atoms with Crippen molar-refractivity contribution in [2.75, 3.05) is 18.2 Å². The second-order valence-corrected chi connectivity index (χ2v) is 9.84. The third-order valence-electron chi connectivity index (χ3n) is 5.58. The fourth-order valence-corrected chi connectivity index (χ4v) is 4.51. The van der Waals surface area contributed by atoms with Crippen LogP contribution in [0.3, 0.4) is 0 Å². The second-order valence-electron chi connectivity index (χ2n) is 8.35. The number of anilines is 1. The predicted octanol–water partition coefficient (Wildman–Crippen LogP) is 6.73. The number of amides is 2. The molecule has 0 heterocycles. The Labute approximate surface area is 236 Å². The Morgan fingerprint density at radius 2 is 1.56 bits per heavy atom. The van der Waals surface area contributed by atoms with Gasteiger partial charge < -0.3 is 15.4 Å². The molecule has 2 amide bonds. The largest absolute Gasteiger partial charge is 0.497 e. The van der Waals surface area contributed by atoms with Crippen LogP contribution in [0.15, 0.2) is 114 Å². The molecule has 0 aromatic heterocycles. The van der Waals surface area contributed by atoms with Crippen LogP contribution < -0.4 is 15.4 Å². The summed E-state index contributed by atoms with van der Waals surface area (Å²) in [6, 6.07) is 29.7. The summed E-state index contributed by atoms with van der Waals surface area (Å²) in [4.78, 5) is 39.5. The summed E-state index contributed by atoms with van der Waals surface area (Å²) in [7, 11) is 1.58. The minimum absolute atomic E-state index is 0.0195. The van der Waals surface area contributed by atoms with Crippen molar-refractivity contribution in [1.82, 2.24) is 5.32 Å². The zero-order valence-electron chi connectivity index (χ0n) is 21.0. The lowest BCUT2D eigenvalue weighted by molar-refractivity contribution is -0.113. The molecule has 0 aliphatic heterocycles.